The lowest BCUT2D eigenvalue weighted by Gasteiger charge is -2.35. The Morgan fingerprint density at radius 1 is 1.41 bits per heavy atom. The van der Waals surface area contributed by atoms with Gasteiger partial charge < -0.3 is 10.2 Å². The number of amides is 1. The summed E-state index contributed by atoms with van der Waals surface area (Å²) in [4.78, 5) is 17.9. The van der Waals surface area contributed by atoms with Crippen molar-refractivity contribution in [2.24, 2.45) is 0 Å². The second-order valence-electron chi connectivity index (χ2n) is 4.05. The van der Waals surface area contributed by atoms with Crippen LogP contribution in [0.1, 0.15) is 24.3 Å². The average Bonchev–Trinajstić information content (AvgIpc) is 2.67. The molecule has 1 aliphatic rings. The Balaban J connectivity index is 0.00000128. The minimum absolute atomic E-state index is 0. The third-order valence-corrected chi connectivity index (χ3v) is 3.08. The fourth-order valence-corrected chi connectivity index (χ4v) is 2.50. The zero-order valence-corrected chi connectivity index (χ0v) is 12.2. The first-order valence-corrected chi connectivity index (χ1v) is 6.04. The summed E-state index contributed by atoms with van der Waals surface area (Å²) in [6.07, 6.45) is 0. The molecule has 0 radical (unpaired) electrons. The van der Waals surface area contributed by atoms with Crippen LogP contribution >= 0.6 is 36.2 Å². The summed E-state index contributed by atoms with van der Waals surface area (Å²) in [5.41, 5.74) is 2.27. The summed E-state index contributed by atoms with van der Waals surface area (Å²) in [7, 11) is 0. The van der Waals surface area contributed by atoms with Crippen molar-refractivity contribution in [3.05, 3.63) is 16.6 Å². The van der Waals surface area contributed by atoms with E-state index in [2.05, 4.69) is 24.1 Å². The van der Waals surface area contributed by atoms with Crippen LogP contribution in [-0.2, 0) is 0 Å². The molecule has 1 aromatic heterocycles. The lowest BCUT2D eigenvalue weighted by atomic mass is 10.1. The van der Waals surface area contributed by atoms with E-state index in [1.54, 1.807) is 10.9 Å². The fraction of sp³-hybridized carbons (Fsp3) is 0.600. The van der Waals surface area contributed by atoms with Crippen molar-refractivity contribution in [1.29, 1.82) is 0 Å². The molecule has 2 atom stereocenters. The Hall–Kier alpha value is -0.360. The molecule has 0 aromatic carbocycles. The highest BCUT2D eigenvalue weighted by atomic mass is 35.5. The first-order valence-electron chi connectivity index (χ1n) is 5.10. The van der Waals surface area contributed by atoms with Gasteiger partial charge in [0, 0.05) is 30.6 Å². The molecule has 7 heteroatoms. The van der Waals surface area contributed by atoms with Crippen LogP contribution in [0.3, 0.4) is 0 Å². The quantitative estimate of drug-likeness (QED) is 0.860. The summed E-state index contributed by atoms with van der Waals surface area (Å²) in [5.74, 6) is 0.0523. The Bertz CT molecular complexity index is 337. The molecular weight excluding hydrogens is 281 g/mol. The van der Waals surface area contributed by atoms with E-state index in [9.17, 15) is 4.79 Å². The molecule has 1 aromatic rings. The van der Waals surface area contributed by atoms with Gasteiger partial charge in [-0.25, -0.2) is 4.98 Å². The highest BCUT2D eigenvalue weighted by Crippen LogP contribution is 2.10. The van der Waals surface area contributed by atoms with E-state index in [1.165, 1.54) is 11.3 Å². The van der Waals surface area contributed by atoms with Crippen LogP contribution in [0, 0.1) is 0 Å². The number of aromatic nitrogens is 1. The van der Waals surface area contributed by atoms with Gasteiger partial charge in [0.25, 0.3) is 5.91 Å². The van der Waals surface area contributed by atoms with Crippen LogP contribution in [0.5, 0.6) is 0 Å². The lowest BCUT2D eigenvalue weighted by molar-refractivity contribution is 0.0668. The number of thiazole rings is 1. The highest BCUT2D eigenvalue weighted by Gasteiger charge is 2.26. The van der Waals surface area contributed by atoms with Gasteiger partial charge in [-0.15, -0.1) is 36.2 Å². The maximum atomic E-state index is 12.0. The van der Waals surface area contributed by atoms with Crippen molar-refractivity contribution in [3.8, 4) is 0 Å². The molecule has 1 amide bonds. The van der Waals surface area contributed by atoms with E-state index in [1.807, 2.05) is 4.90 Å². The van der Waals surface area contributed by atoms with E-state index < -0.39 is 0 Å². The molecule has 98 valence electrons. The van der Waals surface area contributed by atoms with E-state index in [4.69, 9.17) is 0 Å². The molecule has 1 aliphatic heterocycles. The number of carbonyl (C=O) groups excluding carboxylic acids is 1. The second kappa shape index (κ2) is 7.16. The summed E-state index contributed by atoms with van der Waals surface area (Å²) in [6, 6.07) is 0.715. The molecule has 0 aliphatic carbocycles. The smallest absolute Gasteiger partial charge is 0.273 e. The molecule has 2 rings (SSSR count). The Labute approximate surface area is 118 Å². The van der Waals surface area contributed by atoms with Crippen LogP contribution in [0.4, 0.5) is 0 Å². The third-order valence-electron chi connectivity index (χ3n) is 2.50. The van der Waals surface area contributed by atoms with Crippen LogP contribution in [0.15, 0.2) is 10.9 Å². The van der Waals surface area contributed by atoms with Gasteiger partial charge in [0.05, 0.1) is 5.51 Å². The number of nitrogens with zero attached hydrogens (tertiary/aromatic N) is 2. The number of nitrogens with one attached hydrogen (secondary N) is 1. The standard InChI is InChI=1S/C10H15N3OS.2ClH/c1-7-3-13(4-8(2)12-7)10(14)9-5-15-6-11-9;;/h5-8,12H,3-4H2,1-2H3;2*1H. The van der Waals surface area contributed by atoms with Gasteiger partial charge in [-0.3, -0.25) is 4.79 Å². The van der Waals surface area contributed by atoms with Crippen molar-refractivity contribution < 1.29 is 4.79 Å². The minimum atomic E-state index is 0. The fourth-order valence-electron chi connectivity index (χ4n) is 1.97. The van der Waals surface area contributed by atoms with Gasteiger partial charge in [-0.1, -0.05) is 0 Å². The summed E-state index contributed by atoms with van der Waals surface area (Å²) in [5, 5.41) is 5.20. The number of hydrogen-bond donors (Lipinski definition) is 1. The van der Waals surface area contributed by atoms with Crippen molar-refractivity contribution in [2.45, 2.75) is 25.9 Å². The van der Waals surface area contributed by atoms with Crippen molar-refractivity contribution in [3.63, 3.8) is 0 Å². The molecule has 1 fully saturated rings. The molecule has 2 heterocycles. The SMILES string of the molecule is CC1CN(C(=O)c2cscn2)CC(C)N1.Cl.Cl. The lowest BCUT2D eigenvalue weighted by Crippen LogP contribution is -2.55. The predicted octanol–water partition coefficient (Wildman–Crippen LogP) is 1.81. The van der Waals surface area contributed by atoms with Gasteiger partial charge in [0.15, 0.2) is 0 Å². The maximum Gasteiger partial charge on any atom is 0.273 e. The topological polar surface area (TPSA) is 45.2 Å². The molecule has 1 N–H and O–H groups in total. The highest BCUT2D eigenvalue weighted by molar-refractivity contribution is 7.07. The van der Waals surface area contributed by atoms with Crippen LogP contribution in [0.25, 0.3) is 0 Å². The molecule has 0 spiro atoms. The van der Waals surface area contributed by atoms with Crippen LogP contribution in [-0.4, -0.2) is 41.0 Å². The molecular formula is C10H17Cl2N3OS. The van der Waals surface area contributed by atoms with Crippen LogP contribution < -0.4 is 5.32 Å². The summed E-state index contributed by atoms with van der Waals surface area (Å²) >= 11 is 1.46. The third kappa shape index (κ3) is 4.10. The van der Waals surface area contributed by atoms with E-state index in [-0.39, 0.29) is 30.7 Å². The number of halogens is 2. The number of hydrogen-bond acceptors (Lipinski definition) is 4. The van der Waals surface area contributed by atoms with Crippen molar-refractivity contribution >= 4 is 42.1 Å². The molecule has 1 saturated heterocycles. The first-order chi connectivity index (χ1) is 7.16. The van der Waals surface area contributed by atoms with Gasteiger partial charge in [0.1, 0.15) is 5.69 Å². The molecule has 0 saturated carbocycles. The van der Waals surface area contributed by atoms with E-state index in [0.29, 0.717) is 17.8 Å². The first kappa shape index (κ1) is 16.6. The van der Waals surface area contributed by atoms with E-state index >= 15 is 0 Å². The maximum absolute atomic E-state index is 12.0. The molecule has 17 heavy (non-hydrogen) atoms. The second-order valence-corrected chi connectivity index (χ2v) is 4.77. The number of rotatable bonds is 1. The van der Waals surface area contributed by atoms with Gasteiger partial charge in [-0.2, -0.15) is 0 Å². The molecule has 2 unspecified atom stereocenters. The molecule has 4 nitrogen and oxygen atoms in total. The van der Waals surface area contributed by atoms with Gasteiger partial charge in [-0.05, 0) is 13.8 Å². The van der Waals surface area contributed by atoms with Crippen molar-refractivity contribution in [2.75, 3.05) is 13.1 Å². The normalized spacial score (nSPS) is 23.5. The zero-order chi connectivity index (χ0) is 10.8. The monoisotopic (exact) mass is 297 g/mol. The molecule has 0 bridgehead atoms. The van der Waals surface area contributed by atoms with Gasteiger partial charge >= 0.3 is 0 Å². The summed E-state index contributed by atoms with van der Waals surface area (Å²) in [6.45, 7) is 5.72. The van der Waals surface area contributed by atoms with Gasteiger partial charge in [0.2, 0.25) is 0 Å². The Kier molecular flexibility index (Phi) is 7.01. The van der Waals surface area contributed by atoms with Crippen molar-refractivity contribution in [1.82, 2.24) is 15.2 Å². The Morgan fingerprint density at radius 3 is 2.47 bits per heavy atom. The average molecular weight is 298 g/mol. The minimum Gasteiger partial charge on any atom is -0.334 e. The number of carbonyl (C=O) groups is 1. The predicted molar refractivity (Wildman–Crippen MR) is 74.6 cm³/mol. The Morgan fingerprint density at radius 2 is 2.00 bits per heavy atom. The van der Waals surface area contributed by atoms with E-state index in [0.717, 1.165) is 13.1 Å². The number of piperazine rings is 1. The summed E-state index contributed by atoms with van der Waals surface area (Å²) < 4.78 is 0. The zero-order valence-electron chi connectivity index (χ0n) is 9.75. The van der Waals surface area contributed by atoms with Crippen LogP contribution in [0.2, 0.25) is 0 Å². The largest absolute Gasteiger partial charge is 0.334 e.